The number of fused-ring (bicyclic) bond motifs is 1. The van der Waals surface area contributed by atoms with Crippen LogP contribution in [0.1, 0.15) is 22.3 Å². The molecule has 2 aromatic rings. The molecule has 1 fully saturated rings. The number of carbonyl (C=O) groups excluding carboxylic acids is 2. The molecular formula is C28H33N5O5. The van der Waals surface area contributed by atoms with E-state index in [0.29, 0.717) is 62.0 Å². The second-order valence-electron chi connectivity index (χ2n) is 9.37. The lowest BCUT2D eigenvalue weighted by Gasteiger charge is -2.30. The van der Waals surface area contributed by atoms with Crippen molar-refractivity contribution >= 4 is 28.8 Å². The number of ether oxygens (including phenoxy) is 3. The first kappa shape index (κ1) is 26.0. The Bertz CT molecular complexity index is 1240. The maximum absolute atomic E-state index is 13.1. The summed E-state index contributed by atoms with van der Waals surface area (Å²) in [6.45, 7) is 5.45. The predicted molar refractivity (Wildman–Crippen MR) is 144 cm³/mol. The van der Waals surface area contributed by atoms with E-state index in [0.717, 1.165) is 43.1 Å². The second kappa shape index (κ2) is 12.3. The molecule has 2 N–H and O–H groups in total. The smallest absolute Gasteiger partial charge is 0.274 e. The number of pyridine rings is 1. The molecule has 38 heavy (non-hydrogen) atoms. The standard InChI is InChI=1S/C28H33N5O5/c1-36-12-13-37-14-15-38-20-2-3-21-19(16-20)17-22(27(21)34)23-4-5-24(31-23)28(35)32-25-18-30-7-6-26(25)33-10-8-29-9-11-33/h2-3,5-7,16,18,22,29H,4,8-15,17H2,1H3,(H,32,35). The largest absolute Gasteiger partial charge is 0.491 e. The van der Waals surface area contributed by atoms with E-state index in [4.69, 9.17) is 14.2 Å². The third-order valence-electron chi connectivity index (χ3n) is 6.92. The number of amides is 1. The highest BCUT2D eigenvalue weighted by molar-refractivity contribution is 6.18. The van der Waals surface area contributed by atoms with Gasteiger partial charge in [-0.1, -0.05) is 0 Å². The molecule has 1 unspecified atom stereocenters. The topological polar surface area (TPSA) is 114 Å². The van der Waals surface area contributed by atoms with Gasteiger partial charge in [-0.25, -0.2) is 0 Å². The first-order valence-electron chi connectivity index (χ1n) is 13.0. The highest BCUT2D eigenvalue weighted by Crippen LogP contribution is 2.33. The van der Waals surface area contributed by atoms with Crippen LogP contribution in [0.4, 0.5) is 11.4 Å². The number of methoxy groups -OCH3 is 1. The summed E-state index contributed by atoms with van der Waals surface area (Å²) in [5.74, 6) is 0.0806. The number of aromatic nitrogens is 1. The fraction of sp³-hybridized carbons (Fsp3) is 0.429. The first-order chi connectivity index (χ1) is 18.6. The van der Waals surface area contributed by atoms with Crippen LogP contribution in [-0.2, 0) is 20.7 Å². The van der Waals surface area contributed by atoms with Gasteiger partial charge in [0.15, 0.2) is 5.78 Å². The van der Waals surface area contributed by atoms with Gasteiger partial charge in [0.1, 0.15) is 18.1 Å². The lowest BCUT2D eigenvalue weighted by Crippen LogP contribution is -2.43. The van der Waals surface area contributed by atoms with Gasteiger partial charge in [0.2, 0.25) is 0 Å². The van der Waals surface area contributed by atoms with E-state index in [-0.39, 0.29) is 17.6 Å². The molecule has 10 nitrogen and oxygen atoms in total. The van der Waals surface area contributed by atoms with Gasteiger partial charge in [0, 0.05) is 57.2 Å². The molecule has 1 atom stereocenters. The SMILES string of the molecule is COCCOCCOc1ccc2c(c1)CC(C1=NC(C(=O)Nc3cnccc3N3CCNCC3)=CC1)C2=O. The maximum atomic E-state index is 13.1. The van der Waals surface area contributed by atoms with Crippen LogP contribution in [0.5, 0.6) is 5.75 Å². The minimum absolute atomic E-state index is 0.0384. The summed E-state index contributed by atoms with van der Waals surface area (Å²) in [6, 6.07) is 7.46. The van der Waals surface area contributed by atoms with Crippen molar-refractivity contribution in [3.05, 3.63) is 59.6 Å². The van der Waals surface area contributed by atoms with Gasteiger partial charge in [-0.3, -0.25) is 19.6 Å². The second-order valence-corrected chi connectivity index (χ2v) is 9.37. The highest BCUT2D eigenvalue weighted by atomic mass is 16.5. The van der Waals surface area contributed by atoms with Crippen molar-refractivity contribution in [1.29, 1.82) is 0 Å². The van der Waals surface area contributed by atoms with E-state index in [1.165, 1.54) is 0 Å². The molecule has 0 radical (unpaired) electrons. The summed E-state index contributed by atoms with van der Waals surface area (Å²) in [5.41, 5.74) is 4.28. The highest BCUT2D eigenvalue weighted by Gasteiger charge is 2.36. The zero-order chi connectivity index (χ0) is 26.3. The van der Waals surface area contributed by atoms with Gasteiger partial charge in [0.05, 0.1) is 43.3 Å². The van der Waals surface area contributed by atoms with Gasteiger partial charge in [-0.05, 0) is 42.3 Å². The molecule has 10 heteroatoms. The van der Waals surface area contributed by atoms with Crippen LogP contribution in [0.2, 0.25) is 0 Å². The summed E-state index contributed by atoms with van der Waals surface area (Å²) in [7, 11) is 1.63. The van der Waals surface area contributed by atoms with Crippen LogP contribution < -0.4 is 20.3 Å². The Labute approximate surface area is 222 Å². The summed E-state index contributed by atoms with van der Waals surface area (Å²) in [4.78, 5) is 37.2. The number of allylic oxidation sites excluding steroid dienone is 1. The van der Waals surface area contributed by atoms with Crippen molar-refractivity contribution < 1.29 is 23.8 Å². The third-order valence-corrected chi connectivity index (χ3v) is 6.92. The quantitative estimate of drug-likeness (QED) is 0.435. The van der Waals surface area contributed by atoms with Crippen LogP contribution in [0.3, 0.4) is 0 Å². The van der Waals surface area contributed by atoms with E-state index in [9.17, 15) is 9.59 Å². The van der Waals surface area contributed by atoms with Gasteiger partial charge in [-0.15, -0.1) is 0 Å². The van der Waals surface area contributed by atoms with Crippen LogP contribution in [0.25, 0.3) is 0 Å². The zero-order valence-electron chi connectivity index (χ0n) is 21.6. The molecule has 1 amide bonds. The Morgan fingerprint density at radius 1 is 1.16 bits per heavy atom. The molecule has 0 bridgehead atoms. The van der Waals surface area contributed by atoms with Crippen molar-refractivity contribution in [1.82, 2.24) is 10.3 Å². The molecule has 1 aromatic carbocycles. The van der Waals surface area contributed by atoms with Gasteiger partial charge in [-0.2, -0.15) is 0 Å². The van der Waals surface area contributed by atoms with Gasteiger partial charge < -0.3 is 29.7 Å². The van der Waals surface area contributed by atoms with Gasteiger partial charge >= 0.3 is 0 Å². The van der Waals surface area contributed by atoms with Crippen molar-refractivity contribution in [3.8, 4) is 5.75 Å². The Morgan fingerprint density at radius 3 is 2.84 bits per heavy atom. The van der Waals surface area contributed by atoms with E-state index in [1.807, 2.05) is 24.3 Å². The summed E-state index contributed by atoms with van der Waals surface area (Å²) in [6.07, 6.45) is 6.21. The van der Waals surface area contributed by atoms with E-state index in [1.54, 1.807) is 25.6 Å². The molecule has 0 saturated carbocycles. The third kappa shape index (κ3) is 5.93. The Balaban J connectivity index is 1.19. The molecule has 1 saturated heterocycles. The van der Waals surface area contributed by atoms with Crippen LogP contribution in [-0.4, -0.2) is 82.1 Å². The zero-order valence-corrected chi connectivity index (χ0v) is 21.6. The number of nitrogens with zero attached hydrogens (tertiary/aromatic N) is 3. The Kier molecular flexibility index (Phi) is 8.42. The molecule has 1 aliphatic carbocycles. The molecule has 2 aliphatic heterocycles. The van der Waals surface area contributed by atoms with Crippen molar-refractivity contribution in [2.24, 2.45) is 10.9 Å². The number of hydrogen-bond acceptors (Lipinski definition) is 9. The normalized spacial score (nSPS) is 18.7. The maximum Gasteiger partial charge on any atom is 0.274 e. The number of hydrogen-bond donors (Lipinski definition) is 2. The number of nitrogens with one attached hydrogen (secondary N) is 2. The van der Waals surface area contributed by atoms with Crippen molar-refractivity contribution in [2.75, 3.05) is 69.9 Å². The molecule has 200 valence electrons. The number of ketones is 1. The number of piperazine rings is 1. The summed E-state index contributed by atoms with van der Waals surface area (Å²) < 4.78 is 16.2. The number of rotatable bonds is 11. The Hall–Kier alpha value is -3.60. The fourth-order valence-electron chi connectivity index (χ4n) is 4.96. The van der Waals surface area contributed by atoms with Crippen LogP contribution in [0.15, 0.2) is 53.4 Å². The number of anilines is 2. The lowest BCUT2D eigenvalue weighted by atomic mass is 9.97. The average Bonchev–Trinajstić information content (AvgIpc) is 3.56. The number of benzene rings is 1. The van der Waals surface area contributed by atoms with E-state index < -0.39 is 0 Å². The first-order valence-corrected chi connectivity index (χ1v) is 13.0. The lowest BCUT2D eigenvalue weighted by molar-refractivity contribution is -0.112. The molecule has 3 aliphatic rings. The summed E-state index contributed by atoms with van der Waals surface area (Å²) >= 11 is 0. The van der Waals surface area contributed by atoms with Crippen molar-refractivity contribution in [2.45, 2.75) is 12.8 Å². The summed E-state index contributed by atoms with van der Waals surface area (Å²) in [5, 5.41) is 6.31. The Morgan fingerprint density at radius 2 is 2.00 bits per heavy atom. The van der Waals surface area contributed by atoms with E-state index >= 15 is 0 Å². The number of Topliss-reactive ketones (excluding diaryl/α,β-unsaturated/α-hetero) is 1. The number of aliphatic imine (C=N–C) groups is 1. The van der Waals surface area contributed by atoms with E-state index in [2.05, 4.69) is 25.5 Å². The van der Waals surface area contributed by atoms with Crippen molar-refractivity contribution in [3.63, 3.8) is 0 Å². The van der Waals surface area contributed by atoms with Crippen LogP contribution in [0, 0.1) is 5.92 Å². The molecule has 1 aromatic heterocycles. The monoisotopic (exact) mass is 519 g/mol. The van der Waals surface area contributed by atoms with Crippen LogP contribution >= 0.6 is 0 Å². The number of carbonyl (C=O) groups is 2. The van der Waals surface area contributed by atoms with Gasteiger partial charge in [0.25, 0.3) is 5.91 Å². The average molecular weight is 520 g/mol. The minimum atomic E-state index is -0.367. The molecule has 0 spiro atoms. The minimum Gasteiger partial charge on any atom is -0.491 e. The molecule has 3 heterocycles. The fourth-order valence-corrected chi connectivity index (χ4v) is 4.96. The molecule has 5 rings (SSSR count). The molecular weight excluding hydrogens is 486 g/mol. The predicted octanol–water partition coefficient (Wildman–Crippen LogP) is 2.26.